The zero-order valence-electron chi connectivity index (χ0n) is 10.5. The van der Waals surface area contributed by atoms with Crippen LogP contribution in [0.4, 0.5) is 5.82 Å². The lowest BCUT2D eigenvalue weighted by molar-refractivity contribution is -0.123. The number of anilines is 1. The Kier molecular flexibility index (Phi) is 3.72. The zero-order valence-corrected chi connectivity index (χ0v) is 11.4. The number of carbonyl (C=O) groups is 1. The summed E-state index contributed by atoms with van der Waals surface area (Å²) in [6.07, 6.45) is 2.41. The third-order valence-corrected chi connectivity index (χ3v) is 5.01. The van der Waals surface area contributed by atoms with Crippen LogP contribution in [-0.2, 0) is 14.8 Å². The van der Waals surface area contributed by atoms with Crippen molar-refractivity contribution in [1.82, 2.24) is 14.6 Å². The van der Waals surface area contributed by atoms with E-state index in [4.69, 9.17) is 5.73 Å². The monoisotopic (exact) mass is 284 g/mol. The summed E-state index contributed by atoms with van der Waals surface area (Å²) in [7, 11) is -2.21. The largest absolute Gasteiger partial charge is 0.384 e. The highest BCUT2D eigenvalue weighted by Crippen LogP contribution is 2.25. The molecule has 1 fully saturated rings. The topological polar surface area (TPSA) is 105 Å². The van der Waals surface area contributed by atoms with Gasteiger partial charge in [0.05, 0.1) is 0 Å². The maximum atomic E-state index is 12.4. The SMILES string of the molecule is CNC(=O)C1CCCN1S(=O)(=O)c1ccc(N)nc1. The molecule has 0 bridgehead atoms. The van der Waals surface area contributed by atoms with Crippen LogP contribution >= 0.6 is 0 Å². The Morgan fingerprint density at radius 3 is 2.84 bits per heavy atom. The fraction of sp³-hybridized carbons (Fsp3) is 0.455. The molecule has 7 nitrogen and oxygen atoms in total. The molecule has 1 atom stereocenters. The van der Waals surface area contributed by atoms with Crippen molar-refractivity contribution in [2.24, 2.45) is 0 Å². The molecule has 1 aromatic heterocycles. The molecular weight excluding hydrogens is 268 g/mol. The predicted molar refractivity (Wildman–Crippen MR) is 69.6 cm³/mol. The lowest BCUT2D eigenvalue weighted by Gasteiger charge is -2.22. The Morgan fingerprint density at radius 1 is 1.53 bits per heavy atom. The average Bonchev–Trinajstić information content (AvgIpc) is 2.88. The van der Waals surface area contributed by atoms with Crippen molar-refractivity contribution in [1.29, 1.82) is 0 Å². The molecule has 3 N–H and O–H groups in total. The lowest BCUT2D eigenvalue weighted by Crippen LogP contribution is -2.44. The number of nitrogen functional groups attached to an aromatic ring is 1. The van der Waals surface area contributed by atoms with Crippen LogP contribution in [0.5, 0.6) is 0 Å². The molecular formula is C11H16N4O3S. The number of pyridine rings is 1. The molecule has 1 aliphatic rings. The second-order valence-electron chi connectivity index (χ2n) is 4.31. The van der Waals surface area contributed by atoms with E-state index >= 15 is 0 Å². The molecule has 19 heavy (non-hydrogen) atoms. The fourth-order valence-corrected chi connectivity index (χ4v) is 3.74. The van der Waals surface area contributed by atoms with E-state index in [2.05, 4.69) is 10.3 Å². The van der Waals surface area contributed by atoms with Crippen LogP contribution in [0.2, 0.25) is 0 Å². The van der Waals surface area contributed by atoms with Crippen molar-refractivity contribution in [3.8, 4) is 0 Å². The third kappa shape index (κ3) is 2.54. The van der Waals surface area contributed by atoms with E-state index in [0.29, 0.717) is 19.4 Å². The molecule has 0 aliphatic carbocycles. The highest BCUT2D eigenvalue weighted by Gasteiger charge is 2.39. The van der Waals surface area contributed by atoms with Gasteiger partial charge in [-0.05, 0) is 25.0 Å². The molecule has 0 aromatic carbocycles. The molecule has 2 heterocycles. The smallest absolute Gasteiger partial charge is 0.245 e. The van der Waals surface area contributed by atoms with E-state index < -0.39 is 16.1 Å². The molecule has 0 saturated carbocycles. The Morgan fingerprint density at radius 2 is 2.26 bits per heavy atom. The maximum absolute atomic E-state index is 12.4. The number of amides is 1. The van der Waals surface area contributed by atoms with Gasteiger partial charge >= 0.3 is 0 Å². The van der Waals surface area contributed by atoms with Crippen molar-refractivity contribution >= 4 is 21.7 Å². The van der Waals surface area contributed by atoms with E-state index in [-0.39, 0.29) is 16.6 Å². The molecule has 0 spiro atoms. The number of hydrogen-bond donors (Lipinski definition) is 2. The lowest BCUT2D eigenvalue weighted by atomic mass is 10.2. The zero-order chi connectivity index (χ0) is 14.0. The summed E-state index contributed by atoms with van der Waals surface area (Å²) in [5, 5.41) is 2.49. The second-order valence-corrected chi connectivity index (χ2v) is 6.20. The first-order valence-corrected chi connectivity index (χ1v) is 7.36. The van der Waals surface area contributed by atoms with E-state index in [1.165, 1.54) is 29.7 Å². The van der Waals surface area contributed by atoms with Crippen molar-refractivity contribution in [2.45, 2.75) is 23.8 Å². The number of carbonyl (C=O) groups excluding carboxylic acids is 1. The molecule has 1 aromatic rings. The summed E-state index contributed by atoms with van der Waals surface area (Å²) in [5.74, 6) is -0.0345. The van der Waals surface area contributed by atoms with E-state index in [1.807, 2.05) is 0 Å². The van der Waals surface area contributed by atoms with Crippen LogP contribution in [0, 0.1) is 0 Å². The Bertz CT molecular complexity index is 570. The van der Waals surface area contributed by atoms with E-state index in [0.717, 1.165) is 0 Å². The Hall–Kier alpha value is -1.67. The molecule has 1 unspecified atom stereocenters. The number of nitrogens with two attached hydrogens (primary N) is 1. The maximum Gasteiger partial charge on any atom is 0.245 e. The number of nitrogens with zero attached hydrogens (tertiary/aromatic N) is 2. The first-order valence-electron chi connectivity index (χ1n) is 5.92. The normalized spacial score (nSPS) is 20.4. The van der Waals surface area contributed by atoms with Crippen LogP contribution in [0.1, 0.15) is 12.8 Å². The molecule has 1 saturated heterocycles. The summed E-state index contributed by atoms with van der Waals surface area (Å²) < 4.78 is 26.1. The van der Waals surface area contributed by atoms with Gasteiger partial charge in [-0.3, -0.25) is 4.79 Å². The van der Waals surface area contributed by atoms with Crippen LogP contribution in [-0.4, -0.2) is 43.2 Å². The van der Waals surface area contributed by atoms with Crippen molar-refractivity contribution in [3.05, 3.63) is 18.3 Å². The molecule has 1 amide bonds. The van der Waals surface area contributed by atoms with Crippen LogP contribution in [0.3, 0.4) is 0 Å². The summed E-state index contributed by atoms with van der Waals surface area (Å²) >= 11 is 0. The van der Waals surface area contributed by atoms with Crippen LogP contribution in [0.25, 0.3) is 0 Å². The van der Waals surface area contributed by atoms with Gasteiger partial charge in [0.2, 0.25) is 15.9 Å². The first-order chi connectivity index (χ1) is 8.96. The summed E-state index contributed by atoms with van der Waals surface area (Å²) in [6.45, 7) is 0.338. The van der Waals surface area contributed by atoms with Gasteiger partial charge < -0.3 is 11.1 Å². The molecule has 0 radical (unpaired) electrons. The standard InChI is InChI=1S/C11H16N4O3S/c1-13-11(16)9-3-2-6-15(9)19(17,18)8-4-5-10(12)14-7-8/h4-5,7,9H,2-3,6H2,1H3,(H2,12,14)(H,13,16). The molecule has 2 rings (SSSR count). The van der Waals surface area contributed by atoms with Crippen LogP contribution < -0.4 is 11.1 Å². The highest BCUT2D eigenvalue weighted by molar-refractivity contribution is 7.89. The third-order valence-electron chi connectivity index (χ3n) is 3.12. The quantitative estimate of drug-likeness (QED) is 0.783. The summed E-state index contributed by atoms with van der Waals surface area (Å²) in [6, 6.07) is 2.18. The second kappa shape index (κ2) is 5.14. The Labute approximate surface area is 111 Å². The van der Waals surface area contributed by atoms with Gasteiger partial charge in [0, 0.05) is 19.8 Å². The average molecular weight is 284 g/mol. The Balaban J connectivity index is 2.33. The number of rotatable bonds is 3. The van der Waals surface area contributed by atoms with Gasteiger partial charge in [-0.2, -0.15) is 4.31 Å². The molecule has 8 heteroatoms. The summed E-state index contributed by atoms with van der Waals surface area (Å²) in [5.41, 5.74) is 5.44. The summed E-state index contributed by atoms with van der Waals surface area (Å²) in [4.78, 5) is 15.5. The number of nitrogens with one attached hydrogen (secondary N) is 1. The van der Waals surface area contributed by atoms with Crippen molar-refractivity contribution in [3.63, 3.8) is 0 Å². The van der Waals surface area contributed by atoms with Gasteiger partial charge in [0.25, 0.3) is 0 Å². The van der Waals surface area contributed by atoms with Gasteiger partial charge in [0.1, 0.15) is 16.8 Å². The number of hydrogen-bond acceptors (Lipinski definition) is 5. The van der Waals surface area contributed by atoms with Crippen LogP contribution in [0.15, 0.2) is 23.2 Å². The predicted octanol–water partition coefficient (Wildman–Crippen LogP) is -0.437. The van der Waals surface area contributed by atoms with Gasteiger partial charge in [-0.1, -0.05) is 0 Å². The van der Waals surface area contributed by atoms with E-state index in [9.17, 15) is 13.2 Å². The minimum Gasteiger partial charge on any atom is -0.384 e. The van der Waals surface area contributed by atoms with Gasteiger partial charge in [0.15, 0.2) is 0 Å². The first kappa shape index (κ1) is 13.8. The fourth-order valence-electron chi connectivity index (χ4n) is 2.14. The van der Waals surface area contributed by atoms with Gasteiger partial charge in [-0.25, -0.2) is 13.4 Å². The molecule has 1 aliphatic heterocycles. The minimum atomic E-state index is -3.71. The highest BCUT2D eigenvalue weighted by atomic mass is 32.2. The minimum absolute atomic E-state index is 0.0532. The molecule has 104 valence electrons. The van der Waals surface area contributed by atoms with Crippen molar-refractivity contribution in [2.75, 3.05) is 19.3 Å². The van der Waals surface area contributed by atoms with Crippen molar-refractivity contribution < 1.29 is 13.2 Å². The number of likely N-dealkylation sites (N-methyl/N-ethyl adjacent to an activating group) is 1. The van der Waals surface area contributed by atoms with E-state index in [1.54, 1.807) is 0 Å². The number of sulfonamides is 1. The van der Waals surface area contributed by atoms with Gasteiger partial charge in [-0.15, -0.1) is 0 Å². The number of aromatic nitrogens is 1.